The first-order chi connectivity index (χ1) is 12.0. The molecule has 0 spiro atoms. The van der Waals surface area contributed by atoms with Crippen molar-refractivity contribution < 1.29 is 13.9 Å². The molecule has 4 nitrogen and oxygen atoms in total. The molecule has 0 bridgehead atoms. The normalized spacial score (nSPS) is 15.2. The van der Waals surface area contributed by atoms with E-state index < -0.39 is 5.82 Å². The molecule has 1 saturated heterocycles. The second kappa shape index (κ2) is 7.83. The monoisotopic (exact) mass is 362 g/mol. The summed E-state index contributed by atoms with van der Waals surface area (Å²) in [5, 5.41) is 0.236. The van der Waals surface area contributed by atoms with Gasteiger partial charge in [0, 0.05) is 41.6 Å². The molecule has 1 aromatic carbocycles. The predicted octanol–water partition coefficient (Wildman–Crippen LogP) is 4.11. The number of likely N-dealkylation sites (tertiary alicyclic amines) is 1. The summed E-state index contributed by atoms with van der Waals surface area (Å²) in [4.78, 5) is 18.3. The number of pyridine rings is 1. The van der Waals surface area contributed by atoms with Gasteiger partial charge in [0.1, 0.15) is 11.6 Å². The van der Waals surface area contributed by atoms with E-state index in [0.717, 1.165) is 24.2 Å². The Morgan fingerprint density at radius 3 is 2.80 bits per heavy atom. The molecular weight excluding hydrogens is 343 g/mol. The lowest BCUT2D eigenvalue weighted by atomic mass is 9.97. The largest absolute Gasteiger partial charge is 0.493 e. The minimum absolute atomic E-state index is 0.175. The lowest BCUT2D eigenvalue weighted by Gasteiger charge is -2.32. The van der Waals surface area contributed by atoms with Crippen LogP contribution in [0.1, 0.15) is 28.8 Å². The summed E-state index contributed by atoms with van der Waals surface area (Å²) in [6, 6.07) is 5.80. The number of hydrogen-bond donors (Lipinski definition) is 0. The molecule has 132 valence electrons. The minimum atomic E-state index is -0.494. The molecule has 2 aromatic rings. The minimum Gasteiger partial charge on any atom is -0.493 e. The fourth-order valence-corrected chi connectivity index (χ4v) is 3.21. The molecule has 0 atom stereocenters. The first-order valence-corrected chi connectivity index (χ1v) is 8.69. The van der Waals surface area contributed by atoms with Crippen LogP contribution < -0.4 is 4.74 Å². The summed E-state index contributed by atoms with van der Waals surface area (Å²) in [5.41, 5.74) is 1.31. The summed E-state index contributed by atoms with van der Waals surface area (Å²) >= 11 is 5.84. The van der Waals surface area contributed by atoms with E-state index in [2.05, 4.69) is 4.98 Å². The fourth-order valence-electron chi connectivity index (χ4n) is 2.99. The van der Waals surface area contributed by atoms with E-state index in [9.17, 15) is 9.18 Å². The molecule has 1 aromatic heterocycles. The molecular formula is C19H20ClFN2O2. The number of carbonyl (C=O) groups excluding carboxylic acids is 1. The van der Waals surface area contributed by atoms with Crippen LogP contribution in [-0.2, 0) is 0 Å². The average molecular weight is 363 g/mol. The average Bonchev–Trinajstić information content (AvgIpc) is 2.60. The second-order valence-corrected chi connectivity index (χ2v) is 6.78. The van der Waals surface area contributed by atoms with Gasteiger partial charge in [0.15, 0.2) is 0 Å². The van der Waals surface area contributed by atoms with Gasteiger partial charge in [-0.15, -0.1) is 0 Å². The zero-order valence-corrected chi connectivity index (χ0v) is 14.8. The number of ether oxygens (including phenoxy) is 1. The van der Waals surface area contributed by atoms with Crippen molar-refractivity contribution in [1.29, 1.82) is 0 Å². The SMILES string of the molecule is Cc1cnccc1OCC1CCN(C(=O)c2cc(F)cc(Cl)c2)CC1. The van der Waals surface area contributed by atoms with Gasteiger partial charge in [-0.2, -0.15) is 0 Å². The number of piperidine rings is 1. The molecule has 1 amide bonds. The Bertz CT molecular complexity index is 741. The van der Waals surface area contributed by atoms with Gasteiger partial charge in [-0.1, -0.05) is 11.6 Å². The Labute approximate surface area is 151 Å². The van der Waals surface area contributed by atoms with Crippen molar-refractivity contribution in [1.82, 2.24) is 9.88 Å². The smallest absolute Gasteiger partial charge is 0.254 e. The summed E-state index contributed by atoms with van der Waals surface area (Å²) < 4.78 is 19.3. The Morgan fingerprint density at radius 2 is 2.12 bits per heavy atom. The van der Waals surface area contributed by atoms with Crippen molar-refractivity contribution in [3.8, 4) is 5.75 Å². The fraction of sp³-hybridized carbons (Fsp3) is 0.368. The van der Waals surface area contributed by atoms with E-state index >= 15 is 0 Å². The Kier molecular flexibility index (Phi) is 5.53. The molecule has 1 aliphatic heterocycles. The zero-order valence-electron chi connectivity index (χ0n) is 14.0. The standard InChI is InChI=1S/C19H20ClFN2O2/c1-13-11-22-5-2-18(13)25-12-14-3-6-23(7-4-14)19(24)15-8-16(20)10-17(21)9-15/h2,5,8-11,14H,3-4,6-7,12H2,1H3. The number of amides is 1. The van der Waals surface area contributed by atoms with Crippen LogP contribution >= 0.6 is 11.6 Å². The Hall–Kier alpha value is -2.14. The number of halogens is 2. The maximum absolute atomic E-state index is 13.4. The first-order valence-electron chi connectivity index (χ1n) is 8.31. The number of benzene rings is 1. The van der Waals surface area contributed by atoms with Gasteiger partial charge in [-0.25, -0.2) is 4.39 Å². The number of aryl methyl sites for hydroxylation is 1. The van der Waals surface area contributed by atoms with Crippen molar-refractivity contribution in [3.63, 3.8) is 0 Å². The Morgan fingerprint density at radius 1 is 1.36 bits per heavy atom. The molecule has 1 aliphatic rings. The number of aromatic nitrogens is 1. The van der Waals surface area contributed by atoms with Gasteiger partial charge < -0.3 is 9.64 Å². The van der Waals surface area contributed by atoms with Crippen molar-refractivity contribution in [2.24, 2.45) is 5.92 Å². The summed E-state index contributed by atoms with van der Waals surface area (Å²) in [6.07, 6.45) is 5.21. The van der Waals surface area contributed by atoms with Crippen molar-refractivity contribution in [2.45, 2.75) is 19.8 Å². The molecule has 6 heteroatoms. The maximum atomic E-state index is 13.4. The highest BCUT2D eigenvalue weighted by Crippen LogP contribution is 2.23. The lowest BCUT2D eigenvalue weighted by molar-refractivity contribution is 0.0660. The van der Waals surface area contributed by atoms with Crippen molar-refractivity contribution in [2.75, 3.05) is 19.7 Å². The summed E-state index contributed by atoms with van der Waals surface area (Å²) in [5.74, 6) is 0.577. The van der Waals surface area contributed by atoms with Crippen LogP contribution in [0.15, 0.2) is 36.7 Å². The quantitative estimate of drug-likeness (QED) is 0.821. The molecule has 0 saturated carbocycles. The molecule has 3 rings (SSSR count). The molecule has 2 heterocycles. The number of nitrogens with zero attached hydrogens (tertiary/aromatic N) is 2. The van der Waals surface area contributed by atoms with E-state index in [4.69, 9.17) is 16.3 Å². The van der Waals surface area contributed by atoms with Gasteiger partial charge in [-0.3, -0.25) is 9.78 Å². The van der Waals surface area contributed by atoms with Crippen LogP contribution in [0.4, 0.5) is 4.39 Å². The van der Waals surface area contributed by atoms with Crippen LogP contribution in [0.25, 0.3) is 0 Å². The van der Waals surface area contributed by atoms with E-state index in [0.29, 0.717) is 31.2 Å². The molecule has 0 aliphatic carbocycles. The first kappa shape index (κ1) is 17.7. The van der Waals surface area contributed by atoms with Gasteiger partial charge in [0.05, 0.1) is 6.61 Å². The van der Waals surface area contributed by atoms with Gasteiger partial charge in [0.2, 0.25) is 0 Å². The molecule has 1 fully saturated rings. The van der Waals surface area contributed by atoms with Gasteiger partial charge in [0.25, 0.3) is 5.91 Å². The van der Waals surface area contributed by atoms with Crippen molar-refractivity contribution in [3.05, 3.63) is 58.6 Å². The number of hydrogen-bond acceptors (Lipinski definition) is 3. The van der Waals surface area contributed by atoms with Crippen LogP contribution in [0.3, 0.4) is 0 Å². The summed E-state index contributed by atoms with van der Waals surface area (Å²) in [7, 11) is 0. The molecule has 0 N–H and O–H groups in total. The topological polar surface area (TPSA) is 42.4 Å². The van der Waals surface area contributed by atoms with Gasteiger partial charge in [-0.05, 0) is 49.9 Å². The van der Waals surface area contributed by atoms with Crippen LogP contribution in [0, 0.1) is 18.7 Å². The number of rotatable bonds is 4. The third-order valence-corrected chi connectivity index (χ3v) is 4.67. The second-order valence-electron chi connectivity index (χ2n) is 6.35. The number of carbonyl (C=O) groups is 1. The van der Waals surface area contributed by atoms with Gasteiger partial charge >= 0.3 is 0 Å². The highest BCUT2D eigenvalue weighted by molar-refractivity contribution is 6.31. The van der Waals surface area contributed by atoms with Crippen molar-refractivity contribution >= 4 is 17.5 Å². The lowest BCUT2D eigenvalue weighted by Crippen LogP contribution is -2.39. The maximum Gasteiger partial charge on any atom is 0.254 e. The van der Waals surface area contributed by atoms with E-state index in [1.807, 2.05) is 13.0 Å². The highest BCUT2D eigenvalue weighted by atomic mass is 35.5. The van der Waals surface area contributed by atoms with E-state index in [1.165, 1.54) is 18.2 Å². The molecule has 25 heavy (non-hydrogen) atoms. The predicted molar refractivity (Wildman–Crippen MR) is 94.5 cm³/mol. The van der Waals surface area contributed by atoms with Crippen LogP contribution in [0.2, 0.25) is 5.02 Å². The highest BCUT2D eigenvalue weighted by Gasteiger charge is 2.24. The van der Waals surface area contributed by atoms with E-state index in [-0.39, 0.29) is 10.9 Å². The van der Waals surface area contributed by atoms with E-state index in [1.54, 1.807) is 17.3 Å². The third kappa shape index (κ3) is 4.48. The Balaban J connectivity index is 1.53. The third-order valence-electron chi connectivity index (χ3n) is 4.45. The molecule has 0 unspecified atom stereocenters. The van der Waals surface area contributed by atoms with Crippen LogP contribution in [-0.4, -0.2) is 35.5 Å². The zero-order chi connectivity index (χ0) is 17.8. The molecule has 0 radical (unpaired) electrons. The summed E-state index contributed by atoms with van der Waals surface area (Å²) in [6.45, 7) is 3.86. The van der Waals surface area contributed by atoms with Crippen LogP contribution in [0.5, 0.6) is 5.75 Å².